The molecule has 0 aliphatic carbocycles. The van der Waals surface area contributed by atoms with Crippen LogP contribution in [0.5, 0.6) is 5.75 Å². The fourth-order valence-electron chi connectivity index (χ4n) is 4.51. The van der Waals surface area contributed by atoms with E-state index in [2.05, 4.69) is 75.4 Å². The SMILES string of the molecule is O=Cc1nc(CCCCN2CCN(C(c3ccccc3)c3ccccc3)CC2)ccc1O. The maximum atomic E-state index is 10.9. The highest BCUT2D eigenvalue weighted by atomic mass is 16.3. The van der Waals surface area contributed by atoms with E-state index in [0.717, 1.165) is 57.7 Å². The van der Waals surface area contributed by atoms with Crippen molar-refractivity contribution in [3.8, 4) is 5.75 Å². The van der Waals surface area contributed by atoms with Gasteiger partial charge in [0.1, 0.15) is 11.4 Å². The number of benzene rings is 2. The summed E-state index contributed by atoms with van der Waals surface area (Å²) in [5, 5.41) is 9.58. The Morgan fingerprint density at radius 3 is 2.06 bits per heavy atom. The Morgan fingerprint density at radius 2 is 1.47 bits per heavy atom. The highest BCUT2D eigenvalue weighted by Gasteiger charge is 2.26. The number of unbranched alkanes of at least 4 members (excludes halogenated alkanes) is 1. The molecular weight excluding hydrogens is 398 g/mol. The molecule has 1 aliphatic rings. The molecule has 4 rings (SSSR count). The van der Waals surface area contributed by atoms with Crippen LogP contribution in [0.15, 0.2) is 72.8 Å². The zero-order valence-electron chi connectivity index (χ0n) is 18.4. The second kappa shape index (κ2) is 11.0. The Morgan fingerprint density at radius 1 is 0.844 bits per heavy atom. The van der Waals surface area contributed by atoms with Crippen LogP contribution in [0.1, 0.15) is 46.2 Å². The molecule has 1 aromatic heterocycles. The van der Waals surface area contributed by atoms with Gasteiger partial charge in [-0.05, 0) is 49.1 Å². The van der Waals surface area contributed by atoms with E-state index in [0.29, 0.717) is 12.3 Å². The van der Waals surface area contributed by atoms with Crippen LogP contribution in [0.2, 0.25) is 0 Å². The molecule has 0 amide bonds. The van der Waals surface area contributed by atoms with Crippen molar-refractivity contribution >= 4 is 6.29 Å². The molecule has 0 saturated carbocycles. The number of rotatable bonds is 9. The molecule has 0 atom stereocenters. The van der Waals surface area contributed by atoms with Crippen molar-refractivity contribution in [2.24, 2.45) is 0 Å². The number of hydrogen-bond acceptors (Lipinski definition) is 5. The van der Waals surface area contributed by atoms with Crippen LogP contribution >= 0.6 is 0 Å². The lowest BCUT2D eigenvalue weighted by Gasteiger charge is -2.39. The lowest BCUT2D eigenvalue weighted by atomic mass is 9.96. The zero-order chi connectivity index (χ0) is 22.2. The lowest BCUT2D eigenvalue weighted by Crippen LogP contribution is -2.48. The van der Waals surface area contributed by atoms with Gasteiger partial charge in [-0.3, -0.25) is 9.69 Å². The normalized spacial score (nSPS) is 15.2. The fraction of sp³-hybridized carbons (Fsp3) is 0.333. The monoisotopic (exact) mass is 429 g/mol. The number of nitrogens with zero attached hydrogens (tertiary/aromatic N) is 3. The van der Waals surface area contributed by atoms with Crippen molar-refractivity contribution < 1.29 is 9.90 Å². The molecule has 5 nitrogen and oxygen atoms in total. The molecule has 1 aliphatic heterocycles. The first-order chi connectivity index (χ1) is 15.7. The Kier molecular flexibility index (Phi) is 7.64. The third-order valence-electron chi connectivity index (χ3n) is 6.23. The summed E-state index contributed by atoms with van der Waals surface area (Å²) in [6.07, 6.45) is 3.55. The number of piperazine rings is 1. The minimum absolute atomic E-state index is 0.0501. The van der Waals surface area contributed by atoms with Crippen LogP contribution in [-0.2, 0) is 6.42 Å². The van der Waals surface area contributed by atoms with Crippen LogP contribution in [0, 0.1) is 0 Å². The summed E-state index contributed by atoms with van der Waals surface area (Å²) in [5.74, 6) is -0.0501. The molecule has 1 fully saturated rings. The molecule has 2 heterocycles. The van der Waals surface area contributed by atoms with Crippen molar-refractivity contribution in [2.45, 2.75) is 25.3 Å². The zero-order valence-corrected chi connectivity index (χ0v) is 18.4. The molecule has 166 valence electrons. The molecule has 0 spiro atoms. The molecule has 0 unspecified atom stereocenters. The Labute approximate surface area is 190 Å². The first-order valence-electron chi connectivity index (χ1n) is 11.4. The summed E-state index contributed by atoms with van der Waals surface area (Å²) in [7, 11) is 0. The maximum absolute atomic E-state index is 10.9. The van der Waals surface area contributed by atoms with Gasteiger partial charge < -0.3 is 10.0 Å². The molecule has 1 N–H and O–H groups in total. The van der Waals surface area contributed by atoms with Crippen molar-refractivity contribution in [3.05, 3.63) is 95.3 Å². The van der Waals surface area contributed by atoms with Gasteiger partial charge in [-0.2, -0.15) is 0 Å². The number of carbonyl (C=O) groups excluding carboxylic acids is 1. The van der Waals surface area contributed by atoms with Crippen LogP contribution < -0.4 is 0 Å². The molecule has 0 radical (unpaired) electrons. The molecule has 32 heavy (non-hydrogen) atoms. The molecular formula is C27H31N3O2. The summed E-state index contributed by atoms with van der Waals surface area (Å²) in [4.78, 5) is 20.3. The number of carbonyl (C=O) groups is 1. The highest BCUT2D eigenvalue weighted by molar-refractivity contribution is 5.75. The number of pyridine rings is 1. The summed E-state index contributed by atoms with van der Waals surface area (Å²) in [6, 6.07) is 25.3. The molecule has 2 aromatic carbocycles. The molecule has 3 aromatic rings. The number of aryl methyl sites for hydroxylation is 1. The largest absolute Gasteiger partial charge is 0.506 e. The minimum atomic E-state index is -0.0501. The van der Waals surface area contributed by atoms with Gasteiger partial charge >= 0.3 is 0 Å². The van der Waals surface area contributed by atoms with Crippen LogP contribution in [0.4, 0.5) is 0 Å². The van der Waals surface area contributed by atoms with Crippen LogP contribution in [0.3, 0.4) is 0 Å². The molecule has 5 heteroatoms. The van der Waals surface area contributed by atoms with E-state index in [1.807, 2.05) is 0 Å². The molecule has 1 saturated heterocycles. The summed E-state index contributed by atoms with van der Waals surface area (Å²) < 4.78 is 0. The summed E-state index contributed by atoms with van der Waals surface area (Å²) in [5.41, 5.74) is 3.69. The maximum Gasteiger partial charge on any atom is 0.172 e. The third kappa shape index (κ3) is 5.61. The van der Waals surface area contributed by atoms with Crippen molar-refractivity contribution in [1.82, 2.24) is 14.8 Å². The summed E-state index contributed by atoms with van der Waals surface area (Å²) >= 11 is 0. The third-order valence-corrected chi connectivity index (χ3v) is 6.23. The van der Waals surface area contributed by atoms with Gasteiger partial charge in [0.05, 0.1) is 6.04 Å². The average molecular weight is 430 g/mol. The first kappa shape index (κ1) is 22.2. The van der Waals surface area contributed by atoms with Crippen molar-refractivity contribution in [2.75, 3.05) is 32.7 Å². The lowest BCUT2D eigenvalue weighted by molar-refractivity contribution is 0.108. The quantitative estimate of drug-likeness (QED) is 0.405. The number of aromatic nitrogens is 1. The van der Waals surface area contributed by atoms with E-state index in [-0.39, 0.29) is 11.4 Å². The second-order valence-electron chi connectivity index (χ2n) is 8.38. The topological polar surface area (TPSA) is 56.7 Å². The van der Waals surface area contributed by atoms with Gasteiger partial charge in [-0.1, -0.05) is 60.7 Å². The van der Waals surface area contributed by atoms with E-state index in [1.54, 1.807) is 12.1 Å². The van der Waals surface area contributed by atoms with Crippen LogP contribution in [0.25, 0.3) is 0 Å². The van der Waals surface area contributed by atoms with Gasteiger partial charge in [0, 0.05) is 31.9 Å². The van der Waals surface area contributed by atoms with Gasteiger partial charge in [0.25, 0.3) is 0 Å². The van der Waals surface area contributed by atoms with E-state index in [1.165, 1.54) is 11.1 Å². The van der Waals surface area contributed by atoms with Crippen molar-refractivity contribution in [1.29, 1.82) is 0 Å². The van der Waals surface area contributed by atoms with Gasteiger partial charge in [-0.15, -0.1) is 0 Å². The Balaban J connectivity index is 1.28. The van der Waals surface area contributed by atoms with Crippen molar-refractivity contribution in [3.63, 3.8) is 0 Å². The second-order valence-corrected chi connectivity index (χ2v) is 8.38. The van der Waals surface area contributed by atoms with Gasteiger partial charge in [0.15, 0.2) is 6.29 Å². The minimum Gasteiger partial charge on any atom is -0.506 e. The fourth-order valence-corrected chi connectivity index (χ4v) is 4.51. The van der Waals surface area contributed by atoms with E-state index >= 15 is 0 Å². The molecule has 0 bridgehead atoms. The predicted octanol–water partition coefficient (Wildman–Crippen LogP) is 4.33. The first-order valence-corrected chi connectivity index (χ1v) is 11.4. The van der Waals surface area contributed by atoms with E-state index < -0.39 is 0 Å². The Hall–Kier alpha value is -3.02. The Bertz CT molecular complexity index is 947. The number of hydrogen-bond donors (Lipinski definition) is 1. The van der Waals surface area contributed by atoms with Crippen LogP contribution in [-0.4, -0.2) is 58.9 Å². The summed E-state index contributed by atoms with van der Waals surface area (Å²) in [6.45, 7) is 5.33. The van der Waals surface area contributed by atoms with E-state index in [9.17, 15) is 9.90 Å². The van der Waals surface area contributed by atoms with Gasteiger partial charge in [-0.25, -0.2) is 4.98 Å². The average Bonchev–Trinajstić information content (AvgIpc) is 2.85. The van der Waals surface area contributed by atoms with Gasteiger partial charge in [0.2, 0.25) is 0 Å². The highest BCUT2D eigenvalue weighted by Crippen LogP contribution is 2.29. The number of aldehydes is 1. The smallest absolute Gasteiger partial charge is 0.172 e. The predicted molar refractivity (Wildman–Crippen MR) is 127 cm³/mol. The van der Waals surface area contributed by atoms with E-state index in [4.69, 9.17) is 0 Å². The number of aromatic hydroxyl groups is 1. The standard InChI is InChI=1S/C27H31N3O2/c31-21-25-26(32)15-14-24(28-25)13-7-8-16-29-17-19-30(20-18-29)27(22-9-3-1-4-10-22)23-11-5-2-6-12-23/h1-6,9-12,14-15,21,27,32H,7-8,13,16-20H2.